The van der Waals surface area contributed by atoms with Gasteiger partial charge in [-0.2, -0.15) is 0 Å². The largest absolute Gasteiger partial charge is 0.368 e. The van der Waals surface area contributed by atoms with Crippen molar-refractivity contribution < 1.29 is 14.3 Å². The number of benzene rings is 1. The minimum Gasteiger partial charge on any atom is -0.368 e. The summed E-state index contributed by atoms with van der Waals surface area (Å²) in [6.45, 7) is 3.83. The van der Waals surface area contributed by atoms with Crippen LogP contribution in [-0.4, -0.2) is 24.6 Å². The quantitative estimate of drug-likeness (QED) is 0.822. The molecule has 3 nitrogen and oxygen atoms in total. The molecule has 1 aliphatic carbocycles. The highest BCUT2D eigenvalue weighted by Gasteiger charge is 2.47. The third-order valence-corrected chi connectivity index (χ3v) is 3.86. The van der Waals surface area contributed by atoms with Gasteiger partial charge in [0, 0.05) is 13.5 Å². The van der Waals surface area contributed by atoms with Gasteiger partial charge in [0.05, 0.1) is 12.2 Å². The van der Waals surface area contributed by atoms with E-state index in [4.69, 9.17) is 9.47 Å². The normalized spacial score (nSPS) is 29.5. The highest BCUT2D eigenvalue weighted by molar-refractivity contribution is 5.90. The molecule has 0 heterocycles. The SMILES string of the molecule is CO[C@@]1(C)C(=O)CC[C@@H]1O[C@@H](C)c1ccccc1. The Morgan fingerprint density at radius 1 is 1.33 bits per heavy atom. The van der Waals surface area contributed by atoms with Gasteiger partial charge in [-0.05, 0) is 25.8 Å². The molecule has 3 atom stereocenters. The summed E-state index contributed by atoms with van der Waals surface area (Å²) in [6.07, 6.45) is 1.08. The molecule has 0 aromatic heterocycles. The van der Waals surface area contributed by atoms with Crippen LogP contribution in [0.3, 0.4) is 0 Å². The van der Waals surface area contributed by atoms with Crippen LogP contribution < -0.4 is 0 Å². The Bertz CT molecular complexity index is 415. The van der Waals surface area contributed by atoms with Crippen molar-refractivity contribution in [2.24, 2.45) is 0 Å². The maximum Gasteiger partial charge on any atom is 0.167 e. The van der Waals surface area contributed by atoms with Crippen molar-refractivity contribution in [1.82, 2.24) is 0 Å². The molecular weight excluding hydrogens is 228 g/mol. The molecule has 0 saturated heterocycles. The van der Waals surface area contributed by atoms with Crippen LogP contribution in [0, 0.1) is 0 Å². The zero-order chi connectivity index (χ0) is 13.2. The minimum atomic E-state index is -0.789. The standard InChI is InChI=1S/C15H20O3/c1-11(12-7-5-4-6-8-12)18-14-10-9-13(16)15(14,2)17-3/h4-8,11,14H,9-10H2,1-3H3/t11-,14-,15-/m0/s1. The second kappa shape index (κ2) is 5.21. The lowest BCUT2D eigenvalue weighted by atomic mass is 10.0. The number of rotatable bonds is 4. The number of carbonyl (C=O) groups is 1. The van der Waals surface area contributed by atoms with Crippen molar-refractivity contribution in [3.05, 3.63) is 35.9 Å². The summed E-state index contributed by atoms with van der Waals surface area (Å²) in [5, 5.41) is 0. The van der Waals surface area contributed by atoms with Gasteiger partial charge in [0.2, 0.25) is 0 Å². The number of hydrogen-bond acceptors (Lipinski definition) is 3. The van der Waals surface area contributed by atoms with Crippen molar-refractivity contribution in [1.29, 1.82) is 0 Å². The number of hydrogen-bond donors (Lipinski definition) is 0. The van der Waals surface area contributed by atoms with E-state index in [1.54, 1.807) is 7.11 Å². The van der Waals surface area contributed by atoms with Gasteiger partial charge >= 0.3 is 0 Å². The molecule has 0 bridgehead atoms. The fourth-order valence-electron chi connectivity index (χ4n) is 2.46. The lowest BCUT2D eigenvalue weighted by molar-refractivity contribution is -0.154. The number of Topliss-reactive ketones (excluding diaryl/α,β-unsaturated/α-hetero) is 1. The Labute approximate surface area is 108 Å². The second-order valence-electron chi connectivity index (χ2n) is 4.95. The lowest BCUT2D eigenvalue weighted by Gasteiger charge is -2.30. The maximum atomic E-state index is 11.9. The van der Waals surface area contributed by atoms with E-state index in [2.05, 4.69) is 0 Å². The van der Waals surface area contributed by atoms with Crippen LogP contribution in [0.15, 0.2) is 30.3 Å². The number of methoxy groups -OCH3 is 1. The van der Waals surface area contributed by atoms with Crippen molar-refractivity contribution in [3.63, 3.8) is 0 Å². The van der Waals surface area contributed by atoms with Crippen LogP contribution in [0.25, 0.3) is 0 Å². The lowest BCUT2D eigenvalue weighted by Crippen LogP contribution is -2.44. The zero-order valence-electron chi connectivity index (χ0n) is 11.2. The average Bonchev–Trinajstić information content (AvgIpc) is 2.68. The van der Waals surface area contributed by atoms with Crippen molar-refractivity contribution in [3.8, 4) is 0 Å². The van der Waals surface area contributed by atoms with Crippen LogP contribution in [-0.2, 0) is 14.3 Å². The highest BCUT2D eigenvalue weighted by Crippen LogP contribution is 2.35. The second-order valence-corrected chi connectivity index (χ2v) is 4.95. The Morgan fingerprint density at radius 3 is 2.61 bits per heavy atom. The molecule has 0 amide bonds. The van der Waals surface area contributed by atoms with E-state index in [0.717, 1.165) is 12.0 Å². The molecule has 0 spiro atoms. The fraction of sp³-hybridized carbons (Fsp3) is 0.533. The van der Waals surface area contributed by atoms with Crippen LogP contribution in [0.2, 0.25) is 0 Å². The predicted molar refractivity (Wildman–Crippen MR) is 69.4 cm³/mol. The molecule has 0 aliphatic heterocycles. The monoisotopic (exact) mass is 248 g/mol. The maximum absolute atomic E-state index is 11.9. The molecule has 1 aliphatic rings. The summed E-state index contributed by atoms with van der Waals surface area (Å²) in [6, 6.07) is 10.0. The van der Waals surface area contributed by atoms with E-state index in [0.29, 0.717) is 6.42 Å². The molecule has 0 N–H and O–H groups in total. The Hall–Kier alpha value is -1.19. The molecule has 3 heteroatoms. The van der Waals surface area contributed by atoms with Gasteiger partial charge in [-0.3, -0.25) is 4.79 Å². The first-order valence-electron chi connectivity index (χ1n) is 6.37. The summed E-state index contributed by atoms with van der Waals surface area (Å²) in [7, 11) is 1.58. The number of carbonyl (C=O) groups excluding carboxylic acids is 1. The highest BCUT2D eigenvalue weighted by atomic mass is 16.6. The van der Waals surface area contributed by atoms with Crippen LogP contribution in [0.1, 0.15) is 38.4 Å². The van der Waals surface area contributed by atoms with Crippen molar-refractivity contribution in [2.45, 2.75) is 44.5 Å². The van der Waals surface area contributed by atoms with Gasteiger partial charge in [-0.15, -0.1) is 0 Å². The molecule has 1 aromatic rings. The third-order valence-electron chi connectivity index (χ3n) is 3.86. The zero-order valence-corrected chi connectivity index (χ0v) is 11.2. The summed E-state index contributed by atoms with van der Waals surface area (Å²) >= 11 is 0. The van der Waals surface area contributed by atoms with Gasteiger partial charge < -0.3 is 9.47 Å². The Morgan fingerprint density at radius 2 is 2.00 bits per heavy atom. The summed E-state index contributed by atoms with van der Waals surface area (Å²) < 4.78 is 11.4. The Kier molecular flexibility index (Phi) is 3.83. The summed E-state index contributed by atoms with van der Waals surface area (Å²) in [5.74, 6) is 0.135. The topological polar surface area (TPSA) is 35.5 Å². The van der Waals surface area contributed by atoms with Gasteiger partial charge in [-0.1, -0.05) is 30.3 Å². The van der Waals surface area contributed by atoms with Gasteiger partial charge in [0.1, 0.15) is 5.60 Å². The minimum absolute atomic E-state index is 0.0309. The molecule has 0 radical (unpaired) electrons. The number of ether oxygens (including phenoxy) is 2. The molecule has 1 aromatic carbocycles. The number of ketones is 1. The molecule has 98 valence electrons. The van der Waals surface area contributed by atoms with E-state index in [1.165, 1.54) is 0 Å². The van der Waals surface area contributed by atoms with Gasteiger partial charge in [-0.25, -0.2) is 0 Å². The van der Waals surface area contributed by atoms with Crippen LogP contribution in [0.5, 0.6) is 0 Å². The van der Waals surface area contributed by atoms with Crippen molar-refractivity contribution in [2.75, 3.05) is 7.11 Å². The van der Waals surface area contributed by atoms with E-state index in [-0.39, 0.29) is 18.0 Å². The fourth-order valence-corrected chi connectivity index (χ4v) is 2.46. The predicted octanol–water partition coefficient (Wildman–Crippen LogP) is 2.90. The molecule has 0 unspecified atom stereocenters. The first-order chi connectivity index (χ1) is 8.58. The van der Waals surface area contributed by atoms with Crippen LogP contribution in [0.4, 0.5) is 0 Å². The van der Waals surface area contributed by atoms with Gasteiger partial charge in [0.25, 0.3) is 0 Å². The molecular formula is C15H20O3. The van der Waals surface area contributed by atoms with E-state index in [1.807, 2.05) is 44.2 Å². The third kappa shape index (κ3) is 2.33. The molecule has 1 fully saturated rings. The Balaban J connectivity index is 2.08. The van der Waals surface area contributed by atoms with Crippen LogP contribution >= 0.6 is 0 Å². The van der Waals surface area contributed by atoms with E-state index in [9.17, 15) is 4.79 Å². The molecule has 1 saturated carbocycles. The first-order valence-corrected chi connectivity index (χ1v) is 6.37. The molecule has 2 rings (SSSR count). The smallest absolute Gasteiger partial charge is 0.167 e. The van der Waals surface area contributed by atoms with E-state index >= 15 is 0 Å². The first kappa shape index (κ1) is 13.2. The molecule has 18 heavy (non-hydrogen) atoms. The summed E-state index contributed by atoms with van der Waals surface area (Å²) in [4.78, 5) is 11.9. The van der Waals surface area contributed by atoms with Crippen molar-refractivity contribution >= 4 is 5.78 Å². The summed E-state index contributed by atoms with van der Waals surface area (Å²) in [5.41, 5.74) is 0.332. The van der Waals surface area contributed by atoms with Gasteiger partial charge in [0.15, 0.2) is 5.78 Å². The van der Waals surface area contributed by atoms with E-state index < -0.39 is 5.60 Å². The average molecular weight is 248 g/mol.